The molecule has 4 nitrogen and oxygen atoms in total. The van der Waals surface area contributed by atoms with Crippen molar-refractivity contribution in [2.45, 2.75) is 45.6 Å². The van der Waals surface area contributed by atoms with Crippen LogP contribution in [0.3, 0.4) is 0 Å². The first-order valence-corrected chi connectivity index (χ1v) is 6.94. The maximum Gasteiger partial charge on any atom is 0.115 e. The lowest BCUT2D eigenvalue weighted by Crippen LogP contribution is -2.34. The first-order valence-electron chi connectivity index (χ1n) is 6.94. The predicted octanol–water partition coefficient (Wildman–Crippen LogP) is 2.87. The van der Waals surface area contributed by atoms with Crippen molar-refractivity contribution >= 4 is 0 Å². The number of aliphatic hydroxyl groups is 1. The van der Waals surface area contributed by atoms with Crippen LogP contribution in [0.25, 0.3) is 0 Å². The van der Waals surface area contributed by atoms with E-state index >= 15 is 0 Å². The van der Waals surface area contributed by atoms with Crippen LogP contribution in [0.5, 0.6) is 0 Å². The highest BCUT2D eigenvalue weighted by molar-refractivity contribution is 5.15. The lowest BCUT2D eigenvalue weighted by Gasteiger charge is -2.39. The van der Waals surface area contributed by atoms with Gasteiger partial charge in [0.1, 0.15) is 12.4 Å². The van der Waals surface area contributed by atoms with E-state index in [0.29, 0.717) is 17.5 Å². The maximum absolute atomic E-state index is 10.5. The number of aromatic nitrogens is 2. The molecule has 0 saturated heterocycles. The van der Waals surface area contributed by atoms with Crippen LogP contribution < -0.4 is 0 Å². The molecule has 0 amide bonds. The third-order valence-corrected chi connectivity index (χ3v) is 4.50. The van der Waals surface area contributed by atoms with Crippen molar-refractivity contribution in [3.8, 4) is 6.07 Å². The fourth-order valence-electron chi connectivity index (χ4n) is 3.01. The second-order valence-corrected chi connectivity index (χ2v) is 5.89. The molecule has 2 rings (SSSR count). The molecular formula is C15H21N3O. The Morgan fingerprint density at radius 1 is 1.42 bits per heavy atom. The summed E-state index contributed by atoms with van der Waals surface area (Å²) in [7, 11) is 0. The average Bonchev–Trinajstić information content (AvgIpc) is 2.47. The van der Waals surface area contributed by atoms with Gasteiger partial charge < -0.3 is 5.11 Å². The molecule has 0 aliphatic heterocycles. The molecule has 1 saturated carbocycles. The number of nitriles is 1. The summed E-state index contributed by atoms with van der Waals surface area (Å²) in [6, 6.07) is 4.06. The summed E-state index contributed by atoms with van der Waals surface area (Å²) in [6.45, 7) is 4.45. The van der Waals surface area contributed by atoms with E-state index in [1.807, 2.05) is 0 Å². The molecule has 1 fully saturated rings. The third kappa shape index (κ3) is 2.76. The number of aliphatic hydroxyl groups excluding tert-OH is 1. The van der Waals surface area contributed by atoms with Gasteiger partial charge in [0.25, 0.3) is 0 Å². The lowest BCUT2D eigenvalue weighted by atomic mass is 9.65. The Labute approximate surface area is 114 Å². The largest absolute Gasteiger partial charge is 0.385 e. The average molecular weight is 259 g/mol. The van der Waals surface area contributed by atoms with E-state index in [4.69, 9.17) is 0 Å². The molecule has 0 spiro atoms. The van der Waals surface area contributed by atoms with Gasteiger partial charge in [-0.05, 0) is 43.6 Å². The highest BCUT2D eigenvalue weighted by Gasteiger charge is 2.43. The molecule has 0 radical (unpaired) electrons. The molecule has 1 aliphatic carbocycles. The zero-order valence-electron chi connectivity index (χ0n) is 11.6. The second kappa shape index (κ2) is 5.66. The van der Waals surface area contributed by atoms with Crippen molar-refractivity contribution in [3.63, 3.8) is 0 Å². The van der Waals surface area contributed by atoms with Crippen LogP contribution >= 0.6 is 0 Å². The zero-order chi connectivity index (χ0) is 13.9. The lowest BCUT2D eigenvalue weighted by molar-refractivity contribution is 0.0162. The first kappa shape index (κ1) is 14.0. The number of hydrogen-bond donors (Lipinski definition) is 1. The van der Waals surface area contributed by atoms with Gasteiger partial charge in [0.2, 0.25) is 0 Å². The van der Waals surface area contributed by atoms with Crippen LogP contribution in [0, 0.1) is 28.6 Å². The molecule has 1 N–H and O–H groups in total. The maximum atomic E-state index is 10.5. The summed E-state index contributed by atoms with van der Waals surface area (Å²) in [5, 5.41) is 20.1. The molecule has 102 valence electrons. The van der Waals surface area contributed by atoms with Crippen molar-refractivity contribution in [2.75, 3.05) is 0 Å². The molecule has 1 atom stereocenters. The van der Waals surface area contributed by atoms with Crippen molar-refractivity contribution < 1.29 is 5.11 Å². The molecule has 19 heavy (non-hydrogen) atoms. The molecule has 0 aromatic carbocycles. The van der Waals surface area contributed by atoms with Gasteiger partial charge in [-0.25, -0.2) is 9.97 Å². The molecule has 0 bridgehead atoms. The van der Waals surface area contributed by atoms with Crippen LogP contribution in [0.1, 0.15) is 51.3 Å². The van der Waals surface area contributed by atoms with Gasteiger partial charge in [0.15, 0.2) is 0 Å². The van der Waals surface area contributed by atoms with E-state index in [1.54, 1.807) is 12.3 Å². The highest BCUT2D eigenvalue weighted by Crippen LogP contribution is 2.48. The quantitative estimate of drug-likeness (QED) is 0.906. The van der Waals surface area contributed by atoms with Gasteiger partial charge in [-0.15, -0.1) is 0 Å². The summed E-state index contributed by atoms with van der Waals surface area (Å²) in [5.41, 5.74) is -0.126. The van der Waals surface area contributed by atoms with Gasteiger partial charge in [0, 0.05) is 6.20 Å². The van der Waals surface area contributed by atoms with E-state index in [1.165, 1.54) is 6.33 Å². The number of nitrogens with zero attached hydrogens (tertiary/aromatic N) is 3. The monoisotopic (exact) mass is 259 g/mol. The summed E-state index contributed by atoms with van der Waals surface area (Å²) in [4.78, 5) is 7.94. The van der Waals surface area contributed by atoms with Crippen molar-refractivity contribution in [2.24, 2.45) is 17.3 Å². The summed E-state index contributed by atoms with van der Waals surface area (Å²) < 4.78 is 0. The Morgan fingerprint density at radius 3 is 2.58 bits per heavy atom. The fraction of sp³-hybridized carbons (Fsp3) is 0.667. The summed E-state index contributed by atoms with van der Waals surface area (Å²) >= 11 is 0. The molecule has 1 heterocycles. The third-order valence-electron chi connectivity index (χ3n) is 4.50. The topological polar surface area (TPSA) is 69.8 Å². The predicted molar refractivity (Wildman–Crippen MR) is 71.8 cm³/mol. The minimum Gasteiger partial charge on any atom is -0.385 e. The second-order valence-electron chi connectivity index (χ2n) is 5.89. The Hall–Kier alpha value is -1.47. The smallest absolute Gasteiger partial charge is 0.115 e. The Balaban J connectivity index is 2.15. The molecule has 1 aromatic rings. The Kier molecular flexibility index (Phi) is 4.16. The molecule has 1 aliphatic rings. The standard InChI is InChI=1S/C15H21N3O/c1-11(2)12-3-6-15(9-16,7-4-12)14(19)13-5-8-17-10-18-13/h5,8,10-12,14,19H,3-4,6-7H2,1-2H3. The van der Waals surface area contributed by atoms with Gasteiger partial charge in [-0.1, -0.05) is 13.8 Å². The normalized spacial score (nSPS) is 28.9. The van der Waals surface area contributed by atoms with E-state index < -0.39 is 11.5 Å². The Morgan fingerprint density at radius 2 is 2.11 bits per heavy atom. The van der Waals surface area contributed by atoms with Gasteiger partial charge in [0.05, 0.1) is 17.2 Å². The van der Waals surface area contributed by atoms with Crippen LogP contribution in [0.15, 0.2) is 18.6 Å². The van der Waals surface area contributed by atoms with E-state index in [0.717, 1.165) is 25.7 Å². The van der Waals surface area contributed by atoms with E-state index in [-0.39, 0.29) is 0 Å². The van der Waals surface area contributed by atoms with Crippen molar-refractivity contribution in [1.29, 1.82) is 5.26 Å². The minimum absolute atomic E-state index is 0.555. The SMILES string of the molecule is CC(C)C1CCC(C#N)(C(O)c2ccncn2)CC1. The van der Waals surface area contributed by atoms with Crippen molar-refractivity contribution in [1.82, 2.24) is 9.97 Å². The van der Waals surface area contributed by atoms with Crippen LogP contribution in [-0.4, -0.2) is 15.1 Å². The van der Waals surface area contributed by atoms with Gasteiger partial charge >= 0.3 is 0 Å². The molecular weight excluding hydrogens is 238 g/mol. The molecule has 4 heteroatoms. The molecule has 1 unspecified atom stereocenters. The number of hydrogen-bond acceptors (Lipinski definition) is 4. The van der Waals surface area contributed by atoms with Crippen molar-refractivity contribution in [3.05, 3.63) is 24.3 Å². The van der Waals surface area contributed by atoms with E-state index in [2.05, 4.69) is 29.9 Å². The first-order chi connectivity index (χ1) is 9.09. The van der Waals surface area contributed by atoms with Crippen LogP contribution in [0.2, 0.25) is 0 Å². The van der Waals surface area contributed by atoms with E-state index in [9.17, 15) is 10.4 Å². The summed E-state index contributed by atoms with van der Waals surface area (Å²) in [5.74, 6) is 1.31. The van der Waals surface area contributed by atoms with Crippen LogP contribution in [-0.2, 0) is 0 Å². The number of rotatable bonds is 3. The zero-order valence-corrected chi connectivity index (χ0v) is 11.6. The Bertz CT molecular complexity index is 444. The van der Waals surface area contributed by atoms with Gasteiger partial charge in [-0.2, -0.15) is 5.26 Å². The van der Waals surface area contributed by atoms with Crippen LogP contribution in [0.4, 0.5) is 0 Å². The van der Waals surface area contributed by atoms with Gasteiger partial charge in [-0.3, -0.25) is 0 Å². The minimum atomic E-state index is -0.811. The molecule has 1 aromatic heterocycles. The fourth-order valence-corrected chi connectivity index (χ4v) is 3.01. The highest BCUT2D eigenvalue weighted by atomic mass is 16.3. The summed E-state index contributed by atoms with van der Waals surface area (Å²) in [6.07, 6.45) is 5.73.